The van der Waals surface area contributed by atoms with E-state index in [0.717, 1.165) is 54.3 Å². The highest BCUT2D eigenvalue weighted by Crippen LogP contribution is 2.41. The number of carboxylic acids is 2. The lowest BCUT2D eigenvalue weighted by molar-refractivity contribution is -0.192. The number of nitrogens with one attached hydrogen (secondary N) is 4. The number of benzene rings is 2. The molecule has 8 amide bonds. The maximum Gasteiger partial charge on any atom is 0.490 e. The molecule has 5 atom stereocenters. The molecule has 2 aliphatic rings. The molecule has 27 heteroatoms. The number of nitrogens with zero attached hydrogens (tertiary/aromatic N) is 3. The van der Waals surface area contributed by atoms with E-state index in [1.165, 1.54) is 24.0 Å². The Bertz CT molecular complexity index is 2850. The molecule has 2 aromatic carbocycles. The number of aliphatic carboxylic acids is 2. The molecule has 0 spiro atoms. The topological polar surface area (TPSA) is 343 Å². The fourth-order valence-corrected chi connectivity index (χ4v) is 9.63. The van der Waals surface area contributed by atoms with Gasteiger partial charge >= 0.3 is 18.1 Å². The SMILES string of the molecule is CC(C)(C)C(c1cc(-c2cc(F)ccc2F)cn1Cc1ccccc1)N(CCC(N)C(N)=O)C(=O)CO.CC(NC(=O)[C@@H](NC(=O)CCCCCN1C(=O)C=CC1=O)C(C)C)C(=O)NC(CCCCNC(=O)C1CCCC1)C(=O)O.O=C(O)C(F)(F)F. The molecule has 1 aliphatic heterocycles. The van der Waals surface area contributed by atoms with Gasteiger partial charge in [0, 0.05) is 73.7 Å². The predicted octanol–water partition coefficient (Wildman–Crippen LogP) is 5.39. The van der Waals surface area contributed by atoms with Crippen LogP contribution in [0.5, 0.6) is 0 Å². The Morgan fingerprint density at radius 1 is 0.793 bits per heavy atom. The molecule has 11 N–H and O–H groups in total. The average Bonchev–Trinajstić information content (AvgIpc) is 1.89. The first-order valence-electron chi connectivity index (χ1n) is 28.7. The summed E-state index contributed by atoms with van der Waals surface area (Å²) in [6.45, 7) is 11.2. The maximum atomic E-state index is 14.8. The van der Waals surface area contributed by atoms with Crippen LogP contribution in [0.1, 0.15) is 136 Å². The molecule has 2 heterocycles. The summed E-state index contributed by atoms with van der Waals surface area (Å²) < 4.78 is 62.4. The van der Waals surface area contributed by atoms with Crippen LogP contribution in [0.3, 0.4) is 0 Å². The number of primary amides is 1. The first kappa shape index (κ1) is 73.2. The second kappa shape index (κ2) is 34.9. The van der Waals surface area contributed by atoms with Crippen LogP contribution in [0.25, 0.3) is 11.1 Å². The number of aromatic nitrogens is 1. The average molecular weight is 1230 g/mol. The molecule has 1 aromatic heterocycles. The quantitative estimate of drug-likeness (QED) is 0.0239. The number of halogens is 5. The lowest BCUT2D eigenvalue weighted by atomic mass is 9.82. The van der Waals surface area contributed by atoms with Crippen molar-refractivity contribution in [1.29, 1.82) is 0 Å². The number of hydrogen-bond acceptors (Lipinski definition) is 12. The number of aliphatic hydroxyl groups is 1. The summed E-state index contributed by atoms with van der Waals surface area (Å²) in [5, 5.41) is 37.1. The second-order valence-corrected chi connectivity index (χ2v) is 22.7. The van der Waals surface area contributed by atoms with E-state index in [-0.39, 0.29) is 73.4 Å². The van der Waals surface area contributed by atoms with Crippen molar-refractivity contribution in [2.24, 2.45) is 28.7 Å². The molecule has 1 aliphatic carbocycles. The number of carbonyl (C=O) groups excluding carboxylic acids is 8. The number of amides is 8. The van der Waals surface area contributed by atoms with E-state index < -0.39 is 95.6 Å². The third-order valence-corrected chi connectivity index (χ3v) is 14.3. The first-order chi connectivity index (χ1) is 40.8. The normalized spacial score (nSPS) is 15.0. The van der Waals surface area contributed by atoms with Crippen LogP contribution in [0.4, 0.5) is 22.0 Å². The summed E-state index contributed by atoms with van der Waals surface area (Å²) in [4.78, 5) is 121. The van der Waals surface area contributed by atoms with Gasteiger partial charge in [-0.25, -0.2) is 18.4 Å². The van der Waals surface area contributed by atoms with Crippen LogP contribution in [-0.4, -0.2) is 145 Å². The van der Waals surface area contributed by atoms with Crippen molar-refractivity contribution in [2.75, 3.05) is 26.2 Å². The zero-order chi connectivity index (χ0) is 65.3. The molecule has 0 bridgehead atoms. The summed E-state index contributed by atoms with van der Waals surface area (Å²) in [6, 6.07) is 9.94. The molecule has 0 radical (unpaired) electrons. The van der Waals surface area contributed by atoms with Crippen LogP contribution in [0, 0.1) is 28.9 Å². The van der Waals surface area contributed by atoms with E-state index in [1.54, 1.807) is 26.1 Å². The number of carboxylic acid groups (broad SMARTS) is 2. The molecule has 480 valence electrons. The fraction of sp³-hybridized carbons (Fsp3) is 0.533. The Labute approximate surface area is 502 Å². The van der Waals surface area contributed by atoms with E-state index in [4.69, 9.17) is 21.4 Å². The number of alkyl halides is 3. The number of rotatable bonds is 29. The van der Waals surface area contributed by atoms with Crippen molar-refractivity contribution >= 4 is 59.2 Å². The van der Waals surface area contributed by atoms with Gasteiger partial charge in [-0.2, -0.15) is 13.2 Å². The van der Waals surface area contributed by atoms with Gasteiger partial charge in [0.15, 0.2) is 0 Å². The number of unbranched alkanes of at least 4 members (excludes halogenated alkanes) is 3. The molecule has 3 aromatic rings. The van der Waals surface area contributed by atoms with Crippen LogP contribution in [-0.2, 0) is 54.5 Å². The number of aliphatic hydroxyl groups excluding tert-OH is 1. The molecule has 1 saturated carbocycles. The smallest absolute Gasteiger partial charge is 0.480 e. The zero-order valence-corrected chi connectivity index (χ0v) is 49.8. The molecular weight excluding hydrogens is 1150 g/mol. The van der Waals surface area contributed by atoms with E-state index in [9.17, 15) is 75.3 Å². The molecule has 87 heavy (non-hydrogen) atoms. The largest absolute Gasteiger partial charge is 0.490 e. The van der Waals surface area contributed by atoms with Crippen LogP contribution in [0.15, 0.2) is 72.9 Å². The van der Waals surface area contributed by atoms with Gasteiger partial charge < -0.3 is 57.5 Å². The van der Waals surface area contributed by atoms with Gasteiger partial charge in [0.25, 0.3) is 11.8 Å². The minimum absolute atomic E-state index is 0.0457. The Hall–Kier alpha value is -8.07. The van der Waals surface area contributed by atoms with Gasteiger partial charge in [0.1, 0.15) is 36.4 Å². The molecule has 1 fully saturated rings. The van der Waals surface area contributed by atoms with E-state index in [1.807, 2.05) is 55.7 Å². The lowest BCUT2D eigenvalue weighted by Crippen LogP contribution is -2.56. The Balaban J connectivity index is 0.000000413. The summed E-state index contributed by atoms with van der Waals surface area (Å²) in [5.41, 5.74) is 12.8. The fourth-order valence-electron chi connectivity index (χ4n) is 9.63. The zero-order valence-electron chi connectivity index (χ0n) is 49.8. The lowest BCUT2D eigenvalue weighted by Gasteiger charge is -2.41. The van der Waals surface area contributed by atoms with Crippen molar-refractivity contribution in [3.63, 3.8) is 0 Å². The van der Waals surface area contributed by atoms with Crippen LogP contribution in [0.2, 0.25) is 0 Å². The van der Waals surface area contributed by atoms with Gasteiger partial charge in [0.05, 0.1) is 12.1 Å². The maximum absolute atomic E-state index is 14.8. The van der Waals surface area contributed by atoms with Gasteiger partial charge in [-0.05, 0) is 99.5 Å². The molecule has 4 unspecified atom stereocenters. The molecule has 22 nitrogen and oxygen atoms in total. The standard InChI is InChI=1S/C30H47N5O8.C28H34F2N4O3.C2HF3O2/c1-19(2)26(34-23(36)14-5-4-10-18-35-24(37)15-16-25(35)38)29(41)32-20(3)27(39)33-22(30(42)43)13-8-9-17-31-28(40)21-11-6-7-12-21;1-28(2,3)26(34(25(36)17-35)12-11-23(31)27(32)37)24-13-19(21-14-20(29)9-10-22(21)30)16-33(24)15-18-7-5-4-6-8-18;3-2(4,5)1(6)7/h15-16,19-22,26H,4-14,17-18H2,1-3H3,(H,31,40)(H,32,41)(H,33,39)(H,34,36)(H,42,43);4-10,13-14,16,23,26,35H,11-12,15,17,31H2,1-3H3,(H2,32,37);(H,6,7)/t20?,22?,26-;;/m0../s1. The monoisotopic (exact) mass is 1230 g/mol. The van der Waals surface area contributed by atoms with Crippen LogP contribution < -0.4 is 32.7 Å². The minimum atomic E-state index is -5.08. The van der Waals surface area contributed by atoms with Crippen molar-refractivity contribution in [3.8, 4) is 11.1 Å². The summed E-state index contributed by atoms with van der Waals surface area (Å²) in [6.07, 6.45) is 6.21. The predicted molar refractivity (Wildman–Crippen MR) is 309 cm³/mol. The minimum Gasteiger partial charge on any atom is -0.480 e. The van der Waals surface area contributed by atoms with Gasteiger partial charge in [-0.1, -0.05) is 84.2 Å². The number of imide groups is 1. The number of hydrogen-bond donors (Lipinski definition) is 9. The van der Waals surface area contributed by atoms with Crippen molar-refractivity contribution in [3.05, 3.63) is 95.8 Å². The second-order valence-electron chi connectivity index (χ2n) is 22.7. The van der Waals surface area contributed by atoms with E-state index in [0.29, 0.717) is 56.5 Å². The summed E-state index contributed by atoms with van der Waals surface area (Å²) in [7, 11) is 0. The molecule has 0 saturated heterocycles. The summed E-state index contributed by atoms with van der Waals surface area (Å²) >= 11 is 0. The highest BCUT2D eigenvalue weighted by molar-refractivity contribution is 6.12. The third-order valence-electron chi connectivity index (χ3n) is 14.3. The van der Waals surface area contributed by atoms with Crippen LogP contribution >= 0.6 is 0 Å². The highest BCUT2D eigenvalue weighted by atomic mass is 19.4. The summed E-state index contributed by atoms with van der Waals surface area (Å²) in [5.74, 6) is -8.75. The molecular formula is C60H82F5N9O13. The first-order valence-corrected chi connectivity index (χ1v) is 28.7. The highest BCUT2D eigenvalue weighted by Gasteiger charge is 2.39. The Morgan fingerprint density at radius 3 is 1.97 bits per heavy atom. The number of carbonyl (C=O) groups is 10. The van der Waals surface area contributed by atoms with Crippen molar-refractivity contribution in [1.82, 2.24) is 35.6 Å². The molecule has 5 rings (SSSR count). The number of nitrogens with two attached hydrogens (primary N) is 2. The van der Waals surface area contributed by atoms with Gasteiger partial charge in [-0.15, -0.1) is 0 Å². The van der Waals surface area contributed by atoms with E-state index >= 15 is 0 Å². The van der Waals surface area contributed by atoms with Gasteiger partial charge in [-0.3, -0.25) is 43.3 Å². The van der Waals surface area contributed by atoms with Gasteiger partial charge in [0.2, 0.25) is 35.4 Å². The van der Waals surface area contributed by atoms with E-state index in [2.05, 4.69) is 21.3 Å². The van der Waals surface area contributed by atoms with Crippen molar-refractivity contribution < 1.29 is 85.2 Å². The Morgan fingerprint density at radius 2 is 1.41 bits per heavy atom. The third kappa shape index (κ3) is 24.3. The van der Waals surface area contributed by atoms with Crippen molar-refractivity contribution in [2.45, 2.75) is 162 Å². The Kier molecular flexibility index (Phi) is 29.4.